The van der Waals surface area contributed by atoms with Crippen molar-refractivity contribution < 1.29 is 31.1 Å². The number of fused-ring (bicyclic) bond motifs is 1. The Labute approximate surface area is 300 Å². The number of alkyl halides is 2. The highest BCUT2D eigenvalue weighted by Gasteiger charge is 2.46. The number of carbonyl (C=O) groups excluding carboxylic acids is 1. The van der Waals surface area contributed by atoms with E-state index in [9.17, 15) is 18.0 Å². The third-order valence-corrected chi connectivity index (χ3v) is 11.4. The summed E-state index contributed by atoms with van der Waals surface area (Å²) in [4.78, 5) is 39.2. The van der Waals surface area contributed by atoms with Crippen molar-refractivity contribution in [2.24, 2.45) is 11.0 Å². The summed E-state index contributed by atoms with van der Waals surface area (Å²) < 4.78 is 79.3. The summed E-state index contributed by atoms with van der Waals surface area (Å²) in [6, 6.07) is 4.70. The molecule has 52 heavy (non-hydrogen) atoms. The van der Waals surface area contributed by atoms with Gasteiger partial charge >= 0.3 is 6.09 Å². The molecule has 2 fully saturated rings. The Balaban J connectivity index is 1.42. The fourth-order valence-corrected chi connectivity index (χ4v) is 8.40. The number of piperidine rings is 1. The Morgan fingerprint density at radius 3 is 2.48 bits per heavy atom. The number of likely N-dealkylation sites (tertiary alicyclic amines) is 1. The number of carbonyl (C=O) groups is 1. The first-order valence-electron chi connectivity index (χ1n) is 17.5. The van der Waals surface area contributed by atoms with Crippen molar-refractivity contribution in [3.05, 3.63) is 73.9 Å². The number of nitrogens with zero attached hydrogens (tertiary/aromatic N) is 7. The van der Waals surface area contributed by atoms with Crippen molar-refractivity contribution in [1.82, 2.24) is 19.4 Å². The van der Waals surface area contributed by atoms with Crippen molar-refractivity contribution >= 4 is 32.8 Å². The van der Waals surface area contributed by atoms with Crippen molar-refractivity contribution in [1.29, 1.82) is 0 Å². The summed E-state index contributed by atoms with van der Waals surface area (Å²) in [7, 11) is -3.20. The number of halogens is 3. The van der Waals surface area contributed by atoms with Crippen molar-refractivity contribution in [3.8, 4) is 0 Å². The van der Waals surface area contributed by atoms with Crippen LogP contribution in [0.4, 0.5) is 23.8 Å². The van der Waals surface area contributed by atoms with Crippen LogP contribution < -0.4 is 10.9 Å². The van der Waals surface area contributed by atoms with Gasteiger partial charge in [-0.05, 0) is 83.7 Å². The minimum Gasteiger partial charge on any atom is -0.444 e. The minimum atomic E-state index is -3.52. The van der Waals surface area contributed by atoms with Crippen LogP contribution in [0, 0.1) is 11.7 Å². The van der Waals surface area contributed by atoms with E-state index in [1.165, 1.54) is 27.9 Å². The fourth-order valence-electron chi connectivity index (χ4n) is 6.91. The van der Waals surface area contributed by atoms with Crippen molar-refractivity contribution in [3.63, 3.8) is 0 Å². The third-order valence-electron chi connectivity index (χ3n) is 9.72. The molecule has 1 N–H and O–H groups in total. The maximum atomic E-state index is 16.1. The van der Waals surface area contributed by atoms with Gasteiger partial charge in [0.2, 0.25) is 0 Å². The maximum absolute atomic E-state index is 16.1. The molecule has 0 spiro atoms. The van der Waals surface area contributed by atoms with Gasteiger partial charge in [0, 0.05) is 48.1 Å². The Kier molecular flexibility index (Phi) is 11.7. The fraction of sp³-hybridized carbons (Fsp3) is 0.600. The summed E-state index contributed by atoms with van der Waals surface area (Å²) in [5.41, 5.74) is 7.55. The number of amides is 1. The quantitative estimate of drug-likeness (QED) is 0.0927. The second-order valence-electron chi connectivity index (χ2n) is 14.5. The predicted molar refractivity (Wildman–Crippen MR) is 191 cm³/mol. The highest BCUT2D eigenvalue weighted by molar-refractivity contribution is 7.91. The number of hydrogen-bond donors (Lipinski definition) is 1. The molecule has 0 bridgehead atoms. The van der Waals surface area contributed by atoms with Crippen LogP contribution in [0.5, 0.6) is 0 Å². The second-order valence-corrected chi connectivity index (χ2v) is 16.8. The first kappa shape index (κ1) is 38.9. The zero-order chi connectivity index (χ0) is 37.8. The van der Waals surface area contributed by atoms with Crippen LogP contribution in [0.1, 0.15) is 94.9 Å². The molecule has 0 unspecified atom stereocenters. The summed E-state index contributed by atoms with van der Waals surface area (Å²) in [5, 5.41) is 7.13. The van der Waals surface area contributed by atoms with E-state index in [0.717, 1.165) is 6.07 Å². The van der Waals surface area contributed by atoms with Gasteiger partial charge in [-0.2, -0.15) is 0 Å². The van der Waals surface area contributed by atoms with Gasteiger partial charge in [-0.15, -0.1) is 0 Å². The van der Waals surface area contributed by atoms with E-state index in [2.05, 4.69) is 25.3 Å². The molecule has 1 aromatic carbocycles. The lowest BCUT2D eigenvalue weighted by atomic mass is 9.85. The van der Waals surface area contributed by atoms with E-state index in [-0.39, 0.29) is 86.2 Å². The van der Waals surface area contributed by atoms with Gasteiger partial charge in [-0.25, -0.2) is 36.4 Å². The number of ether oxygens (including phenoxy) is 1. The number of aromatic nitrogens is 3. The maximum Gasteiger partial charge on any atom is 0.410 e. The summed E-state index contributed by atoms with van der Waals surface area (Å²) in [6.45, 7) is 7.42. The standard InChI is InChI=1S/C35H45F3N8O5S/c1-22(25-8-7-9-28(29(25)36)35(37,38)24-10-16-45(17-11-24)33(48)51-34(2,3)4)43-30-27-20-26(23-12-18-52(49,50)19-13-23)32(47)46(31(27)41-21-40-30)15-6-5-14-42-44-39/h7-9,20-24H,5-6,10-19H2,1-4H3,(H,40,41,43)/t22-/m1/s1. The van der Waals surface area contributed by atoms with Crippen LogP contribution in [0.2, 0.25) is 0 Å². The number of hydrogen-bond acceptors (Lipinski definition) is 9. The van der Waals surface area contributed by atoms with Gasteiger partial charge in [0.05, 0.1) is 28.5 Å². The third kappa shape index (κ3) is 8.80. The molecule has 2 aromatic heterocycles. The molecular weight excluding hydrogens is 701 g/mol. The number of pyridine rings is 1. The summed E-state index contributed by atoms with van der Waals surface area (Å²) in [5.74, 6) is -5.93. The van der Waals surface area contributed by atoms with Gasteiger partial charge in [0.15, 0.2) is 0 Å². The lowest BCUT2D eigenvalue weighted by Crippen LogP contribution is -2.44. The minimum absolute atomic E-state index is 0.0146. The molecular formula is C35H45F3N8O5S. The molecule has 1 atom stereocenters. The molecule has 0 aliphatic carbocycles. The highest BCUT2D eigenvalue weighted by Crippen LogP contribution is 2.44. The molecule has 2 aliphatic rings. The zero-order valence-electron chi connectivity index (χ0n) is 29.8. The Morgan fingerprint density at radius 1 is 1.13 bits per heavy atom. The molecule has 0 saturated carbocycles. The van der Waals surface area contributed by atoms with Gasteiger partial charge in [0.1, 0.15) is 39.0 Å². The SMILES string of the molecule is C[C@@H](Nc1ncnc2c1cc(C1CCS(=O)(=O)CC1)c(=O)n2CCCCN=[N+]=[N-])c1cccc(C(F)(F)C2CCN(C(=O)OC(C)(C)C)CC2)c1F. The van der Waals surface area contributed by atoms with Crippen molar-refractivity contribution in [2.75, 3.05) is 36.5 Å². The molecule has 17 heteroatoms. The van der Waals surface area contributed by atoms with E-state index in [4.69, 9.17) is 10.3 Å². The van der Waals surface area contributed by atoms with E-state index >= 15 is 13.2 Å². The van der Waals surface area contributed by atoms with E-state index in [1.54, 1.807) is 33.8 Å². The Morgan fingerprint density at radius 2 is 1.83 bits per heavy atom. The summed E-state index contributed by atoms with van der Waals surface area (Å²) >= 11 is 0. The molecule has 0 radical (unpaired) electrons. The molecule has 3 aromatic rings. The second kappa shape index (κ2) is 15.7. The van der Waals surface area contributed by atoms with Gasteiger partial charge in [0.25, 0.3) is 11.5 Å². The van der Waals surface area contributed by atoms with Gasteiger partial charge in [-0.3, -0.25) is 9.36 Å². The van der Waals surface area contributed by atoms with Gasteiger partial charge < -0.3 is 15.0 Å². The molecule has 282 valence electrons. The number of azide groups is 1. The van der Waals surface area contributed by atoms with E-state index < -0.39 is 50.8 Å². The normalized spacial score (nSPS) is 17.8. The first-order chi connectivity index (χ1) is 24.5. The number of sulfone groups is 1. The van der Waals surface area contributed by atoms with Gasteiger partial charge in [-0.1, -0.05) is 23.3 Å². The Hall–Kier alpha value is -4.37. The van der Waals surface area contributed by atoms with Crippen molar-refractivity contribution in [2.45, 2.75) is 96.2 Å². The number of rotatable bonds is 11. The number of unbranched alkanes of at least 4 members (excludes halogenated alkanes) is 1. The predicted octanol–water partition coefficient (Wildman–Crippen LogP) is 7.23. The molecule has 5 rings (SSSR count). The molecule has 13 nitrogen and oxygen atoms in total. The topological polar surface area (TPSA) is 172 Å². The highest BCUT2D eigenvalue weighted by atomic mass is 32.2. The van der Waals surface area contributed by atoms with Crippen LogP contribution in [-0.2, 0) is 27.0 Å². The average molecular weight is 747 g/mol. The van der Waals surface area contributed by atoms with Crippen LogP contribution >= 0.6 is 0 Å². The van der Waals surface area contributed by atoms with E-state index in [0.29, 0.717) is 29.4 Å². The Bertz CT molecular complexity index is 1990. The monoisotopic (exact) mass is 746 g/mol. The van der Waals surface area contributed by atoms with Crippen LogP contribution in [0.3, 0.4) is 0 Å². The largest absolute Gasteiger partial charge is 0.444 e. The van der Waals surface area contributed by atoms with Crippen LogP contribution in [-0.4, -0.2) is 70.7 Å². The van der Waals surface area contributed by atoms with E-state index in [1.807, 2.05) is 0 Å². The molecule has 2 aliphatic heterocycles. The first-order valence-corrected chi connectivity index (χ1v) is 19.4. The average Bonchev–Trinajstić information content (AvgIpc) is 3.08. The lowest BCUT2D eigenvalue weighted by molar-refractivity contribution is -0.0885. The number of benzene rings is 1. The lowest BCUT2D eigenvalue weighted by Gasteiger charge is -2.37. The van der Waals surface area contributed by atoms with Crippen LogP contribution in [0.25, 0.3) is 21.5 Å². The number of nitrogens with one attached hydrogen (secondary N) is 1. The number of aryl methyl sites for hydroxylation is 1. The molecule has 2 saturated heterocycles. The zero-order valence-corrected chi connectivity index (χ0v) is 30.6. The molecule has 4 heterocycles. The van der Waals surface area contributed by atoms with Crippen LogP contribution in [0.15, 0.2) is 40.5 Å². The smallest absolute Gasteiger partial charge is 0.410 e. The molecule has 1 amide bonds. The summed E-state index contributed by atoms with van der Waals surface area (Å²) in [6.07, 6.45) is 2.19. The number of anilines is 1.